The lowest BCUT2D eigenvalue weighted by Crippen LogP contribution is -2.19. The second kappa shape index (κ2) is 6.13. The summed E-state index contributed by atoms with van der Waals surface area (Å²) in [7, 11) is 1.79. The molecule has 0 amide bonds. The van der Waals surface area contributed by atoms with Gasteiger partial charge in [0.25, 0.3) is 5.56 Å². The summed E-state index contributed by atoms with van der Waals surface area (Å²) in [6, 6.07) is 10.5. The molecule has 5 heteroatoms. The minimum absolute atomic E-state index is 0.0295. The van der Waals surface area contributed by atoms with E-state index in [2.05, 4.69) is 50.0 Å². The van der Waals surface area contributed by atoms with Crippen LogP contribution in [0.25, 0.3) is 10.2 Å². The zero-order valence-electron chi connectivity index (χ0n) is 13.8. The minimum Gasteiger partial charge on any atom is -0.290 e. The number of thiophene rings is 1. The number of nitrogens with zero attached hydrogens (tertiary/aromatic N) is 2. The van der Waals surface area contributed by atoms with Crippen LogP contribution in [0.2, 0.25) is 0 Å². The van der Waals surface area contributed by atoms with Crippen molar-refractivity contribution < 1.29 is 0 Å². The van der Waals surface area contributed by atoms with E-state index in [0.717, 1.165) is 15.7 Å². The lowest BCUT2D eigenvalue weighted by atomic mass is 9.87. The summed E-state index contributed by atoms with van der Waals surface area (Å²) in [4.78, 5) is 17.7. The largest absolute Gasteiger partial charge is 0.290 e. The SMILES string of the molecule is Cn1c(SCc2ccc(C(C)(C)C)cc2)nc2sccc2c1=O. The molecule has 0 unspecified atom stereocenters. The van der Waals surface area contributed by atoms with Gasteiger partial charge in [-0.15, -0.1) is 11.3 Å². The molecule has 0 bridgehead atoms. The maximum atomic E-state index is 12.3. The third-order valence-electron chi connectivity index (χ3n) is 3.85. The second-order valence-electron chi connectivity index (χ2n) is 6.63. The van der Waals surface area contributed by atoms with Crippen molar-refractivity contribution in [1.82, 2.24) is 9.55 Å². The predicted octanol–water partition coefficient (Wildman–Crippen LogP) is 4.58. The van der Waals surface area contributed by atoms with Gasteiger partial charge in [0.05, 0.1) is 5.39 Å². The number of hydrogen-bond acceptors (Lipinski definition) is 4. The Morgan fingerprint density at radius 3 is 2.52 bits per heavy atom. The standard InChI is InChI=1S/C18H20N2OS2/c1-18(2,3)13-7-5-12(6-8-13)11-23-17-19-15-14(9-10-22-15)16(21)20(17)4/h5-10H,11H2,1-4H3. The van der Waals surface area contributed by atoms with Gasteiger partial charge in [-0.3, -0.25) is 9.36 Å². The van der Waals surface area contributed by atoms with Gasteiger partial charge >= 0.3 is 0 Å². The average Bonchev–Trinajstić information content (AvgIpc) is 2.97. The van der Waals surface area contributed by atoms with Crippen molar-refractivity contribution in [2.24, 2.45) is 7.05 Å². The molecule has 0 spiro atoms. The molecule has 0 aliphatic rings. The van der Waals surface area contributed by atoms with Gasteiger partial charge in [0.15, 0.2) is 5.16 Å². The number of hydrogen-bond donors (Lipinski definition) is 0. The van der Waals surface area contributed by atoms with Gasteiger partial charge in [0.2, 0.25) is 0 Å². The van der Waals surface area contributed by atoms with Gasteiger partial charge in [0.1, 0.15) is 4.83 Å². The normalized spacial score (nSPS) is 12.0. The monoisotopic (exact) mass is 344 g/mol. The van der Waals surface area contributed by atoms with Gasteiger partial charge in [-0.2, -0.15) is 0 Å². The predicted molar refractivity (Wildman–Crippen MR) is 99.6 cm³/mol. The molecule has 120 valence electrons. The van der Waals surface area contributed by atoms with Crippen molar-refractivity contribution in [2.45, 2.75) is 37.1 Å². The van der Waals surface area contributed by atoms with E-state index in [1.165, 1.54) is 22.5 Å². The zero-order chi connectivity index (χ0) is 16.6. The first-order valence-electron chi connectivity index (χ1n) is 7.53. The van der Waals surface area contributed by atoms with Crippen molar-refractivity contribution in [3.05, 3.63) is 57.2 Å². The Morgan fingerprint density at radius 2 is 1.87 bits per heavy atom. The van der Waals surface area contributed by atoms with Gasteiger partial charge in [-0.25, -0.2) is 4.98 Å². The van der Waals surface area contributed by atoms with E-state index >= 15 is 0 Å². The Morgan fingerprint density at radius 1 is 1.17 bits per heavy atom. The molecule has 0 aliphatic carbocycles. The van der Waals surface area contributed by atoms with E-state index in [4.69, 9.17) is 0 Å². The molecule has 0 saturated carbocycles. The van der Waals surface area contributed by atoms with E-state index in [-0.39, 0.29) is 11.0 Å². The molecule has 0 saturated heterocycles. The maximum absolute atomic E-state index is 12.3. The Kier molecular flexibility index (Phi) is 4.34. The van der Waals surface area contributed by atoms with Crippen LogP contribution in [0.3, 0.4) is 0 Å². The Balaban J connectivity index is 1.81. The highest BCUT2D eigenvalue weighted by molar-refractivity contribution is 7.98. The summed E-state index contributed by atoms with van der Waals surface area (Å²) >= 11 is 3.12. The van der Waals surface area contributed by atoms with E-state index in [9.17, 15) is 4.79 Å². The molecule has 23 heavy (non-hydrogen) atoms. The molecule has 2 aromatic heterocycles. The first kappa shape index (κ1) is 16.3. The van der Waals surface area contributed by atoms with Crippen LogP contribution in [0, 0.1) is 0 Å². The Labute approximate surface area is 144 Å². The van der Waals surface area contributed by atoms with Crippen LogP contribution in [-0.4, -0.2) is 9.55 Å². The smallest absolute Gasteiger partial charge is 0.262 e. The van der Waals surface area contributed by atoms with Crippen LogP contribution in [0.15, 0.2) is 45.7 Å². The second-order valence-corrected chi connectivity index (χ2v) is 8.47. The van der Waals surface area contributed by atoms with Crippen LogP contribution in [0.5, 0.6) is 0 Å². The van der Waals surface area contributed by atoms with Crippen LogP contribution < -0.4 is 5.56 Å². The molecule has 1 aromatic carbocycles. The van der Waals surface area contributed by atoms with E-state index in [1.807, 2.05) is 11.4 Å². The van der Waals surface area contributed by atoms with Crippen molar-refractivity contribution in [3.8, 4) is 0 Å². The van der Waals surface area contributed by atoms with Gasteiger partial charge < -0.3 is 0 Å². The molecule has 3 rings (SSSR count). The highest BCUT2D eigenvalue weighted by Gasteiger charge is 2.13. The van der Waals surface area contributed by atoms with E-state index < -0.39 is 0 Å². The number of aromatic nitrogens is 2. The van der Waals surface area contributed by atoms with Crippen molar-refractivity contribution in [1.29, 1.82) is 0 Å². The molecular weight excluding hydrogens is 324 g/mol. The lowest BCUT2D eigenvalue weighted by molar-refractivity contribution is 0.590. The maximum Gasteiger partial charge on any atom is 0.262 e. The van der Waals surface area contributed by atoms with Crippen LogP contribution >= 0.6 is 23.1 Å². The molecule has 0 aliphatic heterocycles. The fraction of sp³-hybridized carbons (Fsp3) is 0.333. The fourth-order valence-electron chi connectivity index (χ4n) is 2.36. The molecule has 0 N–H and O–H groups in total. The minimum atomic E-state index is 0.0295. The topological polar surface area (TPSA) is 34.9 Å². The highest BCUT2D eigenvalue weighted by atomic mass is 32.2. The quantitative estimate of drug-likeness (QED) is 0.515. The molecule has 0 atom stereocenters. The fourth-order valence-corrected chi connectivity index (χ4v) is 4.09. The molecule has 3 aromatic rings. The number of fused-ring (bicyclic) bond motifs is 1. The zero-order valence-corrected chi connectivity index (χ0v) is 15.4. The van der Waals surface area contributed by atoms with E-state index in [1.54, 1.807) is 23.4 Å². The van der Waals surface area contributed by atoms with Crippen molar-refractivity contribution in [2.75, 3.05) is 0 Å². The van der Waals surface area contributed by atoms with E-state index in [0.29, 0.717) is 5.39 Å². The van der Waals surface area contributed by atoms with Crippen LogP contribution in [0.4, 0.5) is 0 Å². The molecule has 2 heterocycles. The first-order chi connectivity index (χ1) is 10.9. The average molecular weight is 345 g/mol. The number of thioether (sulfide) groups is 1. The van der Waals surface area contributed by atoms with Gasteiger partial charge in [-0.1, -0.05) is 56.8 Å². The number of benzene rings is 1. The Bertz CT molecular complexity index is 886. The summed E-state index contributed by atoms with van der Waals surface area (Å²) in [6.45, 7) is 6.64. The number of rotatable bonds is 3. The third kappa shape index (κ3) is 3.35. The van der Waals surface area contributed by atoms with Crippen molar-refractivity contribution in [3.63, 3.8) is 0 Å². The summed E-state index contributed by atoms with van der Waals surface area (Å²) in [5.74, 6) is 0.807. The third-order valence-corrected chi connectivity index (χ3v) is 5.76. The van der Waals surface area contributed by atoms with Gasteiger partial charge in [-0.05, 0) is 28.0 Å². The highest BCUT2D eigenvalue weighted by Crippen LogP contribution is 2.26. The van der Waals surface area contributed by atoms with Gasteiger partial charge in [0, 0.05) is 12.8 Å². The molecule has 3 nitrogen and oxygen atoms in total. The first-order valence-corrected chi connectivity index (χ1v) is 9.39. The summed E-state index contributed by atoms with van der Waals surface area (Å²) < 4.78 is 1.64. The van der Waals surface area contributed by atoms with Crippen LogP contribution in [-0.2, 0) is 18.2 Å². The molecule has 0 fully saturated rings. The van der Waals surface area contributed by atoms with Crippen LogP contribution in [0.1, 0.15) is 31.9 Å². The van der Waals surface area contributed by atoms with Crippen molar-refractivity contribution >= 4 is 33.3 Å². The summed E-state index contributed by atoms with van der Waals surface area (Å²) in [5.41, 5.74) is 2.77. The summed E-state index contributed by atoms with van der Waals surface area (Å²) in [6.07, 6.45) is 0. The molecule has 0 radical (unpaired) electrons. The molecular formula is C18H20N2OS2. The summed E-state index contributed by atoms with van der Waals surface area (Å²) in [5, 5.41) is 3.39. The Hall–Kier alpha value is -1.59. The lowest BCUT2D eigenvalue weighted by Gasteiger charge is -2.19.